The number of alkyl halides is 3. The zero-order valence-electron chi connectivity index (χ0n) is 18.3. The molecule has 1 aliphatic heterocycles. The van der Waals surface area contributed by atoms with Gasteiger partial charge in [-0.05, 0) is 37.6 Å². The molecule has 0 unspecified atom stereocenters. The Labute approximate surface area is 181 Å². The Bertz CT molecular complexity index is 866. The quantitative estimate of drug-likeness (QED) is 0.427. The third-order valence-corrected chi connectivity index (χ3v) is 5.51. The number of nitrogens with zero attached hydrogens (tertiary/aromatic N) is 6. The Hall–Kier alpha value is -2.78. The van der Waals surface area contributed by atoms with Gasteiger partial charge in [0.05, 0.1) is 5.56 Å². The van der Waals surface area contributed by atoms with Crippen LogP contribution in [0.3, 0.4) is 0 Å². The summed E-state index contributed by atoms with van der Waals surface area (Å²) in [6, 6.07) is 5.38. The first-order valence-corrected chi connectivity index (χ1v) is 10.6. The van der Waals surface area contributed by atoms with Crippen molar-refractivity contribution in [3.05, 3.63) is 41.5 Å². The molecule has 1 saturated heterocycles. The van der Waals surface area contributed by atoms with Crippen molar-refractivity contribution < 1.29 is 13.2 Å². The van der Waals surface area contributed by atoms with Crippen LogP contribution in [0, 0.1) is 6.92 Å². The molecule has 0 atom stereocenters. The molecule has 3 rings (SSSR count). The lowest BCUT2D eigenvalue weighted by atomic mass is 10.1. The number of nitrogens with one attached hydrogen (secondary N) is 1. The van der Waals surface area contributed by atoms with Crippen molar-refractivity contribution in [2.24, 2.45) is 12.0 Å². The van der Waals surface area contributed by atoms with Crippen LogP contribution < -0.4 is 10.2 Å². The zero-order valence-corrected chi connectivity index (χ0v) is 18.3. The van der Waals surface area contributed by atoms with E-state index >= 15 is 0 Å². The molecule has 7 nitrogen and oxygen atoms in total. The van der Waals surface area contributed by atoms with Gasteiger partial charge in [0.25, 0.3) is 0 Å². The fourth-order valence-corrected chi connectivity index (χ4v) is 3.42. The summed E-state index contributed by atoms with van der Waals surface area (Å²) in [4.78, 5) is 9.06. The summed E-state index contributed by atoms with van der Waals surface area (Å²) in [6.07, 6.45) is -2.17. The number of guanidine groups is 1. The highest BCUT2D eigenvalue weighted by atomic mass is 19.4. The van der Waals surface area contributed by atoms with Gasteiger partial charge in [0.15, 0.2) is 11.8 Å². The lowest BCUT2D eigenvalue weighted by molar-refractivity contribution is -0.137. The van der Waals surface area contributed by atoms with Gasteiger partial charge in [-0.1, -0.05) is 13.3 Å². The predicted octanol–water partition coefficient (Wildman–Crippen LogP) is 3.21. The number of piperazine rings is 1. The van der Waals surface area contributed by atoms with Gasteiger partial charge in [-0.15, -0.1) is 10.2 Å². The highest BCUT2D eigenvalue weighted by molar-refractivity contribution is 5.80. The third-order valence-electron chi connectivity index (χ3n) is 5.51. The summed E-state index contributed by atoms with van der Waals surface area (Å²) in [7, 11) is 1.92. The molecule has 1 aromatic carbocycles. The van der Waals surface area contributed by atoms with E-state index < -0.39 is 11.7 Å². The maximum absolute atomic E-state index is 12.8. The van der Waals surface area contributed by atoms with Crippen LogP contribution in [0.25, 0.3) is 0 Å². The van der Waals surface area contributed by atoms with Crippen molar-refractivity contribution >= 4 is 11.6 Å². The number of benzene rings is 1. The topological polar surface area (TPSA) is 61.6 Å². The Morgan fingerprint density at radius 3 is 2.32 bits per heavy atom. The van der Waals surface area contributed by atoms with Crippen LogP contribution in [0.4, 0.5) is 18.9 Å². The van der Waals surface area contributed by atoms with Gasteiger partial charge in [-0.3, -0.25) is 0 Å². The van der Waals surface area contributed by atoms with E-state index in [9.17, 15) is 13.2 Å². The van der Waals surface area contributed by atoms with Crippen LogP contribution in [0.1, 0.15) is 37.0 Å². The number of aromatic nitrogens is 3. The molecule has 31 heavy (non-hydrogen) atoms. The molecule has 170 valence electrons. The summed E-state index contributed by atoms with van der Waals surface area (Å²) in [5.74, 6) is 2.48. The molecule has 2 aromatic rings. The number of anilines is 1. The normalized spacial score (nSPS) is 15.5. The first-order valence-electron chi connectivity index (χ1n) is 10.6. The minimum absolute atomic E-state index is 0.435. The number of aryl methyl sites for hydroxylation is 1. The molecule has 0 aliphatic carbocycles. The Morgan fingerprint density at radius 1 is 1.10 bits per heavy atom. The molecule has 0 spiro atoms. The van der Waals surface area contributed by atoms with Crippen LogP contribution >= 0.6 is 0 Å². The summed E-state index contributed by atoms with van der Waals surface area (Å²) in [5.41, 5.74) is 0.183. The number of aliphatic imine (C=N–C) groups is 1. The SMILES string of the molecule is CCCCNC(=NCc1nnc(C)n1C)N1CCN(c2ccc(C(F)(F)F)cc2)CC1. The highest BCUT2D eigenvalue weighted by Crippen LogP contribution is 2.30. The minimum Gasteiger partial charge on any atom is -0.368 e. The standard InChI is InChI=1S/C21H30F3N7/c1-4-5-10-25-20(26-15-19-28-27-16(2)29(19)3)31-13-11-30(12-14-31)18-8-6-17(7-9-18)21(22,23)24/h6-9H,4-5,10-15H2,1-3H3,(H,25,26). The molecule has 0 saturated carbocycles. The van der Waals surface area contributed by atoms with Gasteiger partial charge in [0.2, 0.25) is 0 Å². The van der Waals surface area contributed by atoms with E-state index in [1.54, 1.807) is 12.1 Å². The molecule has 1 aromatic heterocycles. The maximum atomic E-state index is 12.8. The predicted molar refractivity (Wildman–Crippen MR) is 115 cm³/mol. The van der Waals surface area contributed by atoms with Gasteiger partial charge >= 0.3 is 6.18 Å². The van der Waals surface area contributed by atoms with Gasteiger partial charge < -0.3 is 19.7 Å². The van der Waals surface area contributed by atoms with Crippen molar-refractivity contribution in [3.8, 4) is 0 Å². The van der Waals surface area contributed by atoms with E-state index in [0.29, 0.717) is 19.6 Å². The van der Waals surface area contributed by atoms with Crippen molar-refractivity contribution in [3.63, 3.8) is 0 Å². The third kappa shape index (κ3) is 5.89. The van der Waals surface area contributed by atoms with Gasteiger partial charge in [0, 0.05) is 45.5 Å². The summed E-state index contributed by atoms with van der Waals surface area (Å²) in [5, 5.41) is 11.7. The number of halogens is 3. The molecule has 1 N–H and O–H groups in total. The Morgan fingerprint density at radius 2 is 1.77 bits per heavy atom. The second-order valence-corrected chi connectivity index (χ2v) is 7.66. The van der Waals surface area contributed by atoms with Gasteiger partial charge in [-0.25, -0.2) is 4.99 Å². The fraction of sp³-hybridized carbons (Fsp3) is 0.571. The second-order valence-electron chi connectivity index (χ2n) is 7.66. The van der Waals surface area contributed by atoms with Crippen molar-refractivity contribution in [1.82, 2.24) is 25.0 Å². The first-order chi connectivity index (χ1) is 14.8. The van der Waals surface area contributed by atoms with E-state index in [2.05, 4.69) is 32.2 Å². The average Bonchev–Trinajstić information content (AvgIpc) is 3.08. The molecule has 1 aliphatic rings. The molecule has 2 heterocycles. The summed E-state index contributed by atoms with van der Waals surface area (Å²) < 4.78 is 40.3. The molecule has 1 fully saturated rings. The van der Waals surface area contributed by atoms with E-state index in [1.165, 1.54) is 0 Å². The summed E-state index contributed by atoms with van der Waals surface area (Å²) in [6.45, 7) is 8.21. The Balaban J connectivity index is 1.64. The average molecular weight is 438 g/mol. The van der Waals surface area contributed by atoms with Crippen LogP contribution in [0.15, 0.2) is 29.3 Å². The van der Waals surface area contributed by atoms with E-state index in [1.807, 2.05) is 18.5 Å². The smallest absolute Gasteiger partial charge is 0.368 e. The molecular formula is C21H30F3N7. The number of hydrogen-bond donors (Lipinski definition) is 1. The molecule has 10 heteroatoms. The molecule has 0 radical (unpaired) electrons. The van der Waals surface area contributed by atoms with Crippen LogP contribution in [0.2, 0.25) is 0 Å². The first kappa shape index (κ1) is 22.9. The monoisotopic (exact) mass is 437 g/mol. The summed E-state index contributed by atoms with van der Waals surface area (Å²) >= 11 is 0. The molecule has 0 amide bonds. The lowest BCUT2D eigenvalue weighted by Gasteiger charge is -2.38. The molecular weight excluding hydrogens is 407 g/mol. The van der Waals surface area contributed by atoms with Crippen molar-refractivity contribution in [1.29, 1.82) is 0 Å². The van der Waals surface area contributed by atoms with Gasteiger partial charge in [-0.2, -0.15) is 13.2 Å². The number of unbranched alkanes of at least 4 members (excludes halogenated alkanes) is 1. The van der Waals surface area contributed by atoms with Crippen LogP contribution in [-0.2, 0) is 19.8 Å². The maximum Gasteiger partial charge on any atom is 0.416 e. The van der Waals surface area contributed by atoms with E-state index in [-0.39, 0.29) is 0 Å². The van der Waals surface area contributed by atoms with Crippen LogP contribution in [0.5, 0.6) is 0 Å². The molecule has 0 bridgehead atoms. The van der Waals surface area contributed by atoms with Crippen LogP contribution in [-0.4, -0.2) is 58.3 Å². The van der Waals surface area contributed by atoms with Crippen molar-refractivity contribution in [2.45, 2.75) is 39.4 Å². The second kappa shape index (κ2) is 10.0. The van der Waals surface area contributed by atoms with E-state index in [0.717, 1.165) is 67.9 Å². The minimum atomic E-state index is -4.31. The van der Waals surface area contributed by atoms with Crippen molar-refractivity contribution in [2.75, 3.05) is 37.6 Å². The number of rotatable bonds is 6. The van der Waals surface area contributed by atoms with E-state index in [4.69, 9.17) is 4.99 Å². The lowest BCUT2D eigenvalue weighted by Crippen LogP contribution is -2.52. The zero-order chi connectivity index (χ0) is 22.4. The highest BCUT2D eigenvalue weighted by Gasteiger charge is 2.30. The largest absolute Gasteiger partial charge is 0.416 e. The number of hydrogen-bond acceptors (Lipinski definition) is 4. The van der Waals surface area contributed by atoms with Gasteiger partial charge in [0.1, 0.15) is 12.4 Å². The Kier molecular flexibility index (Phi) is 7.40. The fourth-order valence-electron chi connectivity index (χ4n) is 3.42.